The Morgan fingerprint density at radius 2 is 2.03 bits per heavy atom. The quantitative estimate of drug-likeness (QED) is 0.498. The summed E-state index contributed by atoms with van der Waals surface area (Å²) >= 11 is 0. The van der Waals surface area contributed by atoms with Gasteiger partial charge in [0.2, 0.25) is 0 Å². The number of methoxy groups -OCH3 is 1. The van der Waals surface area contributed by atoms with Crippen molar-refractivity contribution in [3.63, 3.8) is 0 Å². The second-order valence-electron chi connectivity index (χ2n) is 7.73. The molecule has 1 aromatic carbocycles. The van der Waals surface area contributed by atoms with Gasteiger partial charge in [-0.25, -0.2) is 4.98 Å². The first-order chi connectivity index (χ1) is 15.0. The minimum atomic E-state index is -0.134. The smallest absolute Gasteiger partial charge is 0.252 e. The van der Waals surface area contributed by atoms with Crippen LogP contribution in [-0.4, -0.2) is 44.1 Å². The van der Waals surface area contributed by atoms with Gasteiger partial charge in [0.15, 0.2) is 5.65 Å². The second-order valence-corrected chi connectivity index (χ2v) is 7.73. The molecule has 0 spiro atoms. The zero-order valence-electron chi connectivity index (χ0n) is 18.2. The Morgan fingerprint density at radius 1 is 1.26 bits per heavy atom. The van der Waals surface area contributed by atoms with E-state index < -0.39 is 0 Å². The van der Waals surface area contributed by atoms with Gasteiger partial charge in [-0.15, -0.1) is 0 Å². The summed E-state index contributed by atoms with van der Waals surface area (Å²) in [5.74, 6) is 0.869. The lowest BCUT2D eigenvalue weighted by molar-refractivity contribution is 0.0948. The number of aromatic nitrogens is 5. The molecule has 0 radical (unpaired) electrons. The van der Waals surface area contributed by atoms with Crippen molar-refractivity contribution in [3.8, 4) is 17.0 Å². The van der Waals surface area contributed by atoms with Gasteiger partial charge in [-0.2, -0.15) is 10.2 Å². The Kier molecular flexibility index (Phi) is 5.70. The number of rotatable bonds is 7. The fraction of sp³-hybridized carbons (Fsp3) is 0.304. The molecule has 0 aliphatic heterocycles. The van der Waals surface area contributed by atoms with Crippen molar-refractivity contribution in [2.24, 2.45) is 13.0 Å². The Labute approximate surface area is 180 Å². The Morgan fingerprint density at radius 3 is 2.71 bits per heavy atom. The van der Waals surface area contributed by atoms with Gasteiger partial charge in [0.1, 0.15) is 5.75 Å². The number of amides is 1. The molecule has 160 valence electrons. The number of hydrogen-bond donors (Lipinski definition) is 1. The number of fused-ring (bicyclic) bond motifs is 1. The van der Waals surface area contributed by atoms with Crippen LogP contribution in [-0.2, 0) is 13.6 Å². The first kappa shape index (κ1) is 20.6. The number of nitrogens with one attached hydrogen (secondary N) is 1. The summed E-state index contributed by atoms with van der Waals surface area (Å²) in [5.41, 5.74) is 3.66. The Hall–Kier alpha value is -3.68. The molecule has 0 saturated heterocycles. The standard InChI is InChI=1S/C23H26N6O2/c1-15(14-29-11-5-10-25-29)13-24-23(30)19-12-20(17-6-8-18(31-4)9-7-17)26-22-21(19)16(2)27-28(22)3/h5-12,15H,13-14H2,1-4H3,(H,24,30)/t15-/m0/s1. The maximum atomic E-state index is 13.2. The number of hydrogen-bond acceptors (Lipinski definition) is 5. The van der Waals surface area contributed by atoms with Crippen LogP contribution in [0.4, 0.5) is 0 Å². The molecular weight excluding hydrogens is 392 g/mol. The van der Waals surface area contributed by atoms with Gasteiger partial charge in [-0.1, -0.05) is 6.92 Å². The lowest BCUT2D eigenvalue weighted by Crippen LogP contribution is -2.30. The van der Waals surface area contributed by atoms with Gasteiger partial charge in [-0.05, 0) is 49.2 Å². The van der Waals surface area contributed by atoms with Crippen LogP contribution in [0.5, 0.6) is 5.75 Å². The average Bonchev–Trinajstić information content (AvgIpc) is 3.39. The van der Waals surface area contributed by atoms with E-state index in [1.54, 1.807) is 18.0 Å². The molecule has 0 saturated carbocycles. The van der Waals surface area contributed by atoms with Gasteiger partial charge in [-0.3, -0.25) is 14.2 Å². The summed E-state index contributed by atoms with van der Waals surface area (Å²) in [4.78, 5) is 18.0. The zero-order valence-corrected chi connectivity index (χ0v) is 18.2. The number of pyridine rings is 1. The topological polar surface area (TPSA) is 86.9 Å². The number of carbonyl (C=O) groups excluding carboxylic acids is 1. The van der Waals surface area contributed by atoms with Crippen molar-refractivity contribution in [2.45, 2.75) is 20.4 Å². The minimum absolute atomic E-state index is 0.134. The first-order valence-corrected chi connectivity index (χ1v) is 10.2. The molecule has 4 rings (SSSR count). The van der Waals surface area contributed by atoms with Crippen LogP contribution in [0.25, 0.3) is 22.3 Å². The van der Waals surface area contributed by atoms with Crippen LogP contribution in [0.15, 0.2) is 48.8 Å². The molecule has 8 heteroatoms. The van der Waals surface area contributed by atoms with E-state index in [2.05, 4.69) is 22.4 Å². The van der Waals surface area contributed by atoms with E-state index in [1.165, 1.54) is 0 Å². The van der Waals surface area contributed by atoms with Gasteiger partial charge >= 0.3 is 0 Å². The van der Waals surface area contributed by atoms with Crippen molar-refractivity contribution in [3.05, 3.63) is 60.0 Å². The highest BCUT2D eigenvalue weighted by atomic mass is 16.5. The third kappa shape index (κ3) is 4.28. The normalized spacial score (nSPS) is 12.1. The number of aryl methyl sites for hydroxylation is 2. The molecule has 1 atom stereocenters. The van der Waals surface area contributed by atoms with Crippen LogP contribution in [0, 0.1) is 12.8 Å². The first-order valence-electron chi connectivity index (χ1n) is 10.2. The molecule has 0 fully saturated rings. The summed E-state index contributed by atoms with van der Waals surface area (Å²) in [7, 11) is 3.47. The third-order valence-electron chi connectivity index (χ3n) is 5.27. The van der Waals surface area contributed by atoms with Crippen molar-refractivity contribution in [2.75, 3.05) is 13.7 Å². The van der Waals surface area contributed by atoms with Gasteiger partial charge in [0, 0.05) is 38.1 Å². The molecule has 0 bridgehead atoms. The number of nitrogens with zero attached hydrogens (tertiary/aromatic N) is 5. The van der Waals surface area contributed by atoms with E-state index in [9.17, 15) is 4.79 Å². The number of carbonyl (C=O) groups is 1. The van der Waals surface area contributed by atoms with Crippen LogP contribution in [0.3, 0.4) is 0 Å². The Bertz CT molecular complexity index is 1200. The molecule has 0 unspecified atom stereocenters. The molecule has 0 aliphatic rings. The van der Waals surface area contributed by atoms with Crippen molar-refractivity contribution in [1.82, 2.24) is 29.9 Å². The summed E-state index contributed by atoms with van der Waals surface area (Å²) in [5, 5.41) is 12.6. The van der Waals surface area contributed by atoms with Crippen LogP contribution in [0.1, 0.15) is 23.0 Å². The van der Waals surface area contributed by atoms with E-state index >= 15 is 0 Å². The number of benzene rings is 1. The summed E-state index contributed by atoms with van der Waals surface area (Å²) in [6.45, 7) is 5.26. The highest BCUT2D eigenvalue weighted by molar-refractivity contribution is 6.07. The van der Waals surface area contributed by atoms with Gasteiger partial charge in [0.05, 0.1) is 29.4 Å². The lowest BCUT2D eigenvalue weighted by atomic mass is 10.0. The predicted molar refractivity (Wildman–Crippen MR) is 119 cm³/mol. The van der Waals surface area contributed by atoms with Crippen LogP contribution in [0.2, 0.25) is 0 Å². The third-order valence-corrected chi connectivity index (χ3v) is 5.27. The maximum absolute atomic E-state index is 13.2. The second kappa shape index (κ2) is 8.59. The maximum Gasteiger partial charge on any atom is 0.252 e. The molecule has 1 N–H and O–H groups in total. The van der Waals surface area contributed by atoms with Gasteiger partial charge < -0.3 is 10.1 Å². The fourth-order valence-electron chi connectivity index (χ4n) is 3.69. The monoisotopic (exact) mass is 418 g/mol. The van der Waals surface area contributed by atoms with E-state index in [0.717, 1.165) is 28.9 Å². The molecular formula is C23H26N6O2. The number of ether oxygens (including phenoxy) is 1. The highest BCUT2D eigenvalue weighted by Crippen LogP contribution is 2.28. The van der Waals surface area contributed by atoms with Crippen molar-refractivity contribution < 1.29 is 9.53 Å². The Balaban J connectivity index is 1.64. The largest absolute Gasteiger partial charge is 0.497 e. The van der Waals surface area contributed by atoms with E-state index in [-0.39, 0.29) is 11.8 Å². The molecule has 0 aliphatic carbocycles. The van der Waals surface area contributed by atoms with E-state index in [4.69, 9.17) is 9.72 Å². The summed E-state index contributed by atoms with van der Waals surface area (Å²) in [6.07, 6.45) is 3.68. The molecule has 1 amide bonds. The SMILES string of the molecule is COc1ccc(-c2cc(C(=O)NC[C@H](C)Cn3cccn3)c3c(C)nn(C)c3n2)cc1. The van der Waals surface area contributed by atoms with Gasteiger partial charge in [0.25, 0.3) is 5.91 Å². The van der Waals surface area contributed by atoms with Crippen LogP contribution >= 0.6 is 0 Å². The molecule has 3 aromatic heterocycles. The summed E-state index contributed by atoms with van der Waals surface area (Å²) in [6, 6.07) is 11.4. The minimum Gasteiger partial charge on any atom is -0.497 e. The summed E-state index contributed by atoms with van der Waals surface area (Å²) < 4.78 is 8.83. The highest BCUT2D eigenvalue weighted by Gasteiger charge is 2.19. The molecule has 3 heterocycles. The van der Waals surface area contributed by atoms with E-state index in [1.807, 2.05) is 61.2 Å². The van der Waals surface area contributed by atoms with Crippen molar-refractivity contribution in [1.29, 1.82) is 0 Å². The molecule has 4 aromatic rings. The lowest BCUT2D eigenvalue weighted by Gasteiger charge is -2.14. The predicted octanol–water partition coefficient (Wildman–Crippen LogP) is 3.21. The average molecular weight is 419 g/mol. The fourth-order valence-corrected chi connectivity index (χ4v) is 3.69. The molecule has 8 nitrogen and oxygen atoms in total. The zero-order chi connectivity index (χ0) is 22.0. The van der Waals surface area contributed by atoms with E-state index in [0.29, 0.717) is 23.4 Å². The molecule has 31 heavy (non-hydrogen) atoms. The van der Waals surface area contributed by atoms with Crippen LogP contribution < -0.4 is 10.1 Å². The van der Waals surface area contributed by atoms with Crippen molar-refractivity contribution >= 4 is 16.9 Å².